The van der Waals surface area contributed by atoms with Crippen LogP contribution in [-0.4, -0.2) is 50.7 Å². The third kappa shape index (κ3) is 3.93. The average molecular weight is 449 g/mol. The molecule has 1 aromatic heterocycles. The lowest BCUT2D eigenvalue weighted by Crippen LogP contribution is -2.33. The Kier molecular flexibility index (Phi) is 5.78. The number of aromatic nitrogens is 1. The number of carbonyl (C=O) groups excluding carboxylic acids is 1. The van der Waals surface area contributed by atoms with E-state index in [1.807, 2.05) is 0 Å². The van der Waals surface area contributed by atoms with Gasteiger partial charge in [0.1, 0.15) is 29.7 Å². The van der Waals surface area contributed by atoms with Crippen molar-refractivity contribution in [2.75, 3.05) is 11.9 Å². The SMILES string of the molecule is O=C(Nc1ccc(Cl)cc1)c1cn([C@@H]2O[C@H](CO)[C@@H](O)[C@H]2O)c2ccc(F)cc2c1=O. The summed E-state index contributed by atoms with van der Waals surface area (Å²) in [6, 6.07) is 9.62. The third-order valence-corrected chi connectivity index (χ3v) is 5.38. The van der Waals surface area contributed by atoms with Gasteiger partial charge in [-0.15, -0.1) is 0 Å². The molecule has 0 radical (unpaired) electrons. The maximum absolute atomic E-state index is 13.9. The number of benzene rings is 2. The van der Waals surface area contributed by atoms with E-state index in [0.29, 0.717) is 10.7 Å². The Morgan fingerprint density at radius 1 is 1.16 bits per heavy atom. The largest absolute Gasteiger partial charge is 0.394 e. The average Bonchev–Trinajstić information content (AvgIpc) is 3.04. The Hall–Kier alpha value is -2.82. The van der Waals surface area contributed by atoms with Gasteiger partial charge in [0.25, 0.3) is 5.91 Å². The Morgan fingerprint density at radius 2 is 1.87 bits per heavy atom. The van der Waals surface area contributed by atoms with Crippen LogP contribution in [0, 0.1) is 5.82 Å². The first-order valence-corrected chi connectivity index (χ1v) is 9.71. The van der Waals surface area contributed by atoms with Gasteiger partial charge in [-0.05, 0) is 42.5 Å². The molecule has 0 unspecified atom stereocenters. The highest BCUT2D eigenvalue weighted by Gasteiger charge is 2.43. The molecule has 4 N–H and O–H groups in total. The van der Waals surface area contributed by atoms with Gasteiger partial charge in [0, 0.05) is 22.3 Å². The third-order valence-electron chi connectivity index (χ3n) is 5.13. The molecule has 31 heavy (non-hydrogen) atoms. The predicted octanol–water partition coefficient (Wildman–Crippen LogP) is 1.66. The van der Waals surface area contributed by atoms with Gasteiger partial charge in [0.15, 0.2) is 6.23 Å². The Bertz CT molecular complexity index is 1200. The fourth-order valence-electron chi connectivity index (χ4n) is 3.54. The van der Waals surface area contributed by atoms with Crippen molar-refractivity contribution in [1.82, 2.24) is 4.57 Å². The van der Waals surface area contributed by atoms with Gasteiger partial charge in [-0.3, -0.25) is 9.59 Å². The maximum atomic E-state index is 13.9. The van der Waals surface area contributed by atoms with Gasteiger partial charge in [0.05, 0.1) is 12.1 Å². The molecule has 8 nitrogen and oxygen atoms in total. The number of carbonyl (C=O) groups is 1. The first-order chi connectivity index (χ1) is 14.8. The van der Waals surface area contributed by atoms with Crippen molar-refractivity contribution >= 4 is 34.1 Å². The van der Waals surface area contributed by atoms with Crippen LogP contribution in [0.3, 0.4) is 0 Å². The predicted molar refractivity (Wildman–Crippen MR) is 111 cm³/mol. The summed E-state index contributed by atoms with van der Waals surface area (Å²) in [5.74, 6) is -1.45. The number of amides is 1. The van der Waals surface area contributed by atoms with E-state index in [2.05, 4.69) is 5.32 Å². The number of aliphatic hydroxyl groups is 3. The van der Waals surface area contributed by atoms with Crippen molar-refractivity contribution in [1.29, 1.82) is 0 Å². The smallest absolute Gasteiger partial charge is 0.261 e. The van der Waals surface area contributed by atoms with E-state index in [-0.39, 0.29) is 16.5 Å². The summed E-state index contributed by atoms with van der Waals surface area (Å²) in [4.78, 5) is 25.8. The number of nitrogens with one attached hydrogen (secondary N) is 1. The first-order valence-electron chi connectivity index (χ1n) is 9.34. The molecule has 1 amide bonds. The number of pyridine rings is 1. The van der Waals surface area contributed by atoms with E-state index >= 15 is 0 Å². The normalized spacial score (nSPS) is 23.3. The first kappa shape index (κ1) is 21.4. The van der Waals surface area contributed by atoms with Crippen molar-refractivity contribution < 1.29 is 29.2 Å². The van der Waals surface area contributed by atoms with Crippen molar-refractivity contribution in [3.63, 3.8) is 0 Å². The number of anilines is 1. The molecule has 0 spiro atoms. The summed E-state index contributed by atoms with van der Waals surface area (Å²) >= 11 is 5.84. The lowest BCUT2D eigenvalue weighted by atomic mass is 10.1. The van der Waals surface area contributed by atoms with Crippen LogP contribution in [0.25, 0.3) is 10.9 Å². The van der Waals surface area contributed by atoms with Crippen LogP contribution < -0.4 is 10.7 Å². The van der Waals surface area contributed by atoms with Gasteiger partial charge in [-0.1, -0.05) is 11.6 Å². The number of rotatable bonds is 4. The molecule has 1 aliphatic heterocycles. The number of hydrogen-bond acceptors (Lipinski definition) is 6. The zero-order valence-corrected chi connectivity index (χ0v) is 16.7. The summed E-state index contributed by atoms with van der Waals surface area (Å²) in [6.45, 7) is -0.550. The summed E-state index contributed by atoms with van der Waals surface area (Å²) in [6.07, 6.45) is -3.96. The molecule has 1 fully saturated rings. The van der Waals surface area contributed by atoms with Crippen LogP contribution in [0.5, 0.6) is 0 Å². The van der Waals surface area contributed by atoms with Crippen LogP contribution in [0.1, 0.15) is 16.6 Å². The molecule has 2 heterocycles. The Morgan fingerprint density at radius 3 is 2.52 bits per heavy atom. The maximum Gasteiger partial charge on any atom is 0.261 e. The molecule has 0 aliphatic carbocycles. The highest BCUT2D eigenvalue weighted by atomic mass is 35.5. The van der Waals surface area contributed by atoms with Gasteiger partial charge in [-0.25, -0.2) is 4.39 Å². The molecule has 1 aliphatic rings. The van der Waals surface area contributed by atoms with Gasteiger partial charge >= 0.3 is 0 Å². The number of halogens is 2. The second-order valence-electron chi connectivity index (χ2n) is 7.13. The highest BCUT2D eigenvalue weighted by Crippen LogP contribution is 2.31. The summed E-state index contributed by atoms with van der Waals surface area (Å²) in [7, 11) is 0. The Labute approximate surface area is 180 Å². The summed E-state index contributed by atoms with van der Waals surface area (Å²) < 4.78 is 20.7. The second kappa shape index (κ2) is 8.37. The zero-order chi connectivity index (χ0) is 22.3. The molecule has 3 aromatic rings. The van der Waals surface area contributed by atoms with E-state index in [9.17, 15) is 29.3 Å². The number of hydrogen-bond donors (Lipinski definition) is 4. The molecule has 4 rings (SSSR count). The fraction of sp³-hybridized carbons (Fsp3) is 0.238. The van der Waals surface area contributed by atoms with E-state index in [0.717, 1.165) is 12.1 Å². The minimum Gasteiger partial charge on any atom is -0.394 e. The van der Waals surface area contributed by atoms with E-state index in [1.54, 1.807) is 24.3 Å². The molecule has 162 valence electrons. The standard InChI is InChI=1S/C21H18ClFN2O6/c22-10-1-4-12(5-2-10)24-20(30)14-8-25(21-19(29)18(28)16(9-26)31-21)15-6-3-11(23)7-13(15)17(14)27/h1-8,16,18-19,21,26,28-29H,9H2,(H,24,30)/t16-,18-,19-,21-/m1/s1. The van der Waals surface area contributed by atoms with Gasteiger partial charge in [0.2, 0.25) is 5.43 Å². The quantitative estimate of drug-likeness (QED) is 0.481. The molecule has 0 saturated carbocycles. The number of fused-ring (bicyclic) bond motifs is 1. The molecule has 4 atom stereocenters. The monoisotopic (exact) mass is 448 g/mol. The van der Waals surface area contributed by atoms with E-state index < -0.39 is 48.3 Å². The minimum absolute atomic E-state index is 0.110. The van der Waals surface area contributed by atoms with E-state index in [1.165, 1.54) is 16.8 Å². The fourth-order valence-corrected chi connectivity index (χ4v) is 3.67. The number of nitrogens with zero attached hydrogens (tertiary/aromatic N) is 1. The molecule has 10 heteroatoms. The second-order valence-corrected chi connectivity index (χ2v) is 7.57. The van der Waals surface area contributed by atoms with E-state index in [4.69, 9.17) is 16.3 Å². The van der Waals surface area contributed by atoms with Crippen LogP contribution in [0.2, 0.25) is 5.02 Å². The summed E-state index contributed by atoms with van der Waals surface area (Å²) in [5, 5.41) is 32.8. The Balaban J connectivity index is 1.83. The highest BCUT2D eigenvalue weighted by molar-refractivity contribution is 6.30. The van der Waals surface area contributed by atoms with Crippen molar-refractivity contribution in [3.05, 3.63) is 75.3 Å². The van der Waals surface area contributed by atoms with Crippen LogP contribution in [0.15, 0.2) is 53.5 Å². The molecule has 0 bridgehead atoms. The molecule has 2 aromatic carbocycles. The molecule has 1 saturated heterocycles. The number of aliphatic hydroxyl groups excluding tert-OH is 3. The van der Waals surface area contributed by atoms with Crippen LogP contribution in [-0.2, 0) is 4.74 Å². The van der Waals surface area contributed by atoms with Crippen LogP contribution >= 0.6 is 11.6 Å². The van der Waals surface area contributed by atoms with Gasteiger partial charge in [-0.2, -0.15) is 0 Å². The lowest BCUT2D eigenvalue weighted by molar-refractivity contribution is -0.0509. The zero-order valence-electron chi connectivity index (χ0n) is 15.9. The lowest BCUT2D eigenvalue weighted by Gasteiger charge is -2.22. The topological polar surface area (TPSA) is 121 Å². The number of ether oxygens (including phenoxy) is 1. The van der Waals surface area contributed by atoms with Crippen molar-refractivity contribution in [2.45, 2.75) is 24.5 Å². The van der Waals surface area contributed by atoms with Crippen molar-refractivity contribution in [3.8, 4) is 0 Å². The summed E-state index contributed by atoms with van der Waals surface area (Å²) in [5.41, 5.74) is -0.480. The minimum atomic E-state index is -1.46. The molecular weight excluding hydrogens is 431 g/mol. The molecular formula is C21H18ClFN2O6. The van der Waals surface area contributed by atoms with Crippen LogP contribution in [0.4, 0.5) is 10.1 Å². The van der Waals surface area contributed by atoms with Crippen molar-refractivity contribution in [2.24, 2.45) is 0 Å². The van der Waals surface area contributed by atoms with Gasteiger partial charge < -0.3 is 29.9 Å².